The maximum atomic E-state index is 13.7. The van der Waals surface area contributed by atoms with Crippen molar-refractivity contribution >= 4 is 22.2 Å². The van der Waals surface area contributed by atoms with Crippen molar-refractivity contribution in [3.8, 4) is 0 Å². The van der Waals surface area contributed by atoms with Gasteiger partial charge in [-0.25, -0.2) is 4.68 Å². The van der Waals surface area contributed by atoms with Gasteiger partial charge in [0, 0.05) is 35.7 Å². The number of aryl methyl sites for hydroxylation is 1. The van der Waals surface area contributed by atoms with Crippen molar-refractivity contribution in [1.29, 1.82) is 0 Å². The molecule has 1 N–H and O–H groups in total. The van der Waals surface area contributed by atoms with E-state index in [4.69, 9.17) is 4.74 Å². The quantitative estimate of drug-likeness (QED) is 0.347. The van der Waals surface area contributed by atoms with Gasteiger partial charge in [0.05, 0.1) is 12.1 Å². The lowest BCUT2D eigenvalue weighted by Crippen LogP contribution is -2.39. The zero-order valence-corrected chi connectivity index (χ0v) is 22.1. The third kappa shape index (κ3) is 5.26. The number of hydrogen-bond acceptors (Lipinski definition) is 7. The molecule has 0 radical (unpaired) electrons. The predicted octanol–water partition coefficient (Wildman–Crippen LogP) is 5.16. The van der Waals surface area contributed by atoms with Crippen LogP contribution in [-0.4, -0.2) is 49.3 Å². The molecular weight excluding hydrogens is 484 g/mol. The monoisotopic (exact) mass is 518 g/mol. The van der Waals surface area contributed by atoms with Gasteiger partial charge in [-0.05, 0) is 78.1 Å². The van der Waals surface area contributed by atoms with E-state index in [1.807, 2.05) is 22.9 Å². The first kappa shape index (κ1) is 24.5. The molecule has 9 heteroatoms. The van der Waals surface area contributed by atoms with Crippen molar-refractivity contribution < 1.29 is 4.74 Å². The molecule has 2 fully saturated rings. The van der Waals surface area contributed by atoms with Crippen LogP contribution in [0.5, 0.6) is 0 Å². The molecule has 6 rings (SSSR count). The molecular formula is C28H34N6O2S. The normalized spacial score (nSPS) is 19.7. The van der Waals surface area contributed by atoms with Crippen molar-refractivity contribution in [2.24, 2.45) is 0 Å². The number of H-pyrrole nitrogens is 1. The van der Waals surface area contributed by atoms with Gasteiger partial charge in [-0.1, -0.05) is 37.0 Å². The fourth-order valence-corrected chi connectivity index (χ4v) is 6.65. The highest BCUT2D eigenvalue weighted by Gasteiger charge is 2.35. The number of aromatic nitrogens is 5. The fourth-order valence-electron chi connectivity index (χ4n) is 5.93. The third-order valence-corrected chi connectivity index (χ3v) is 8.63. The Morgan fingerprint density at radius 1 is 1.16 bits per heavy atom. The van der Waals surface area contributed by atoms with Crippen molar-refractivity contribution in [3.05, 3.63) is 74.0 Å². The standard InChI is InChI=1S/C28H34N6O2S/c1-19-11-12-25-20(15-19)16-24(28(35)29-25)26(27-30-31-32-34(27)21-7-3-2-4-8-21)33(17-22-9-5-13-36-22)18-23-10-6-14-37-23/h6,10-12,14-16,21-22,26H,2-5,7-9,13,17-18H2,1H3,(H,29,35). The van der Waals surface area contributed by atoms with E-state index in [-0.39, 0.29) is 17.7 Å². The topological polar surface area (TPSA) is 88.9 Å². The largest absolute Gasteiger partial charge is 0.377 e. The minimum absolute atomic E-state index is 0.0944. The van der Waals surface area contributed by atoms with Gasteiger partial charge in [0.2, 0.25) is 0 Å². The lowest BCUT2D eigenvalue weighted by molar-refractivity contribution is 0.0571. The van der Waals surface area contributed by atoms with Gasteiger partial charge in [-0.3, -0.25) is 9.69 Å². The molecule has 2 atom stereocenters. The number of aromatic amines is 1. The van der Waals surface area contributed by atoms with Crippen molar-refractivity contribution in [1.82, 2.24) is 30.1 Å². The van der Waals surface area contributed by atoms with Gasteiger partial charge in [0.25, 0.3) is 5.56 Å². The van der Waals surface area contributed by atoms with Gasteiger partial charge in [0.1, 0.15) is 6.04 Å². The first-order valence-corrected chi connectivity index (χ1v) is 14.3. The molecule has 37 heavy (non-hydrogen) atoms. The maximum absolute atomic E-state index is 13.7. The Bertz CT molecular complexity index is 1390. The average molecular weight is 519 g/mol. The average Bonchev–Trinajstić information content (AvgIpc) is 3.69. The summed E-state index contributed by atoms with van der Waals surface area (Å²) in [6, 6.07) is 12.3. The minimum atomic E-state index is -0.392. The second kappa shape index (κ2) is 10.8. The van der Waals surface area contributed by atoms with Crippen LogP contribution in [0.25, 0.3) is 10.9 Å². The lowest BCUT2D eigenvalue weighted by Gasteiger charge is -2.33. The molecule has 1 saturated carbocycles. The molecule has 3 aromatic heterocycles. The maximum Gasteiger partial charge on any atom is 0.253 e. The number of ether oxygens (including phenoxy) is 1. The van der Waals surface area contributed by atoms with E-state index in [9.17, 15) is 4.79 Å². The molecule has 4 heterocycles. The first-order chi connectivity index (χ1) is 18.2. The minimum Gasteiger partial charge on any atom is -0.377 e. The molecule has 2 aliphatic rings. The van der Waals surface area contributed by atoms with Gasteiger partial charge >= 0.3 is 0 Å². The molecule has 194 valence electrons. The molecule has 0 bridgehead atoms. The smallest absolute Gasteiger partial charge is 0.253 e. The van der Waals surface area contributed by atoms with Crippen molar-refractivity contribution in [2.45, 2.75) is 76.6 Å². The molecule has 1 aliphatic carbocycles. The van der Waals surface area contributed by atoms with E-state index in [0.717, 1.165) is 54.6 Å². The highest BCUT2D eigenvalue weighted by atomic mass is 32.1. The second-order valence-corrected chi connectivity index (χ2v) is 11.5. The van der Waals surface area contributed by atoms with E-state index >= 15 is 0 Å². The first-order valence-electron chi connectivity index (χ1n) is 13.4. The molecule has 4 aromatic rings. The summed E-state index contributed by atoms with van der Waals surface area (Å²) in [6.45, 7) is 4.28. The summed E-state index contributed by atoms with van der Waals surface area (Å²) in [5.74, 6) is 0.749. The Hall–Kier alpha value is -2.88. The van der Waals surface area contributed by atoms with E-state index in [2.05, 4.69) is 55.9 Å². The summed E-state index contributed by atoms with van der Waals surface area (Å²) in [4.78, 5) is 20.4. The Balaban J connectivity index is 1.50. The van der Waals surface area contributed by atoms with Gasteiger partial charge in [-0.2, -0.15) is 0 Å². The van der Waals surface area contributed by atoms with Crippen LogP contribution in [0.15, 0.2) is 46.6 Å². The molecule has 1 aliphatic heterocycles. The summed E-state index contributed by atoms with van der Waals surface area (Å²) in [5.41, 5.74) is 2.58. The zero-order chi connectivity index (χ0) is 25.2. The SMILES string of the molecule is Cc1ccc2[nH]c(=O)c(C(c3nnnn3C3CCCCC3)N(Cc3cccs3)CC3CCCO3)cc2c1. The van der Waals surface area contributed by atoms with Gasteiger partial charge < -0.3 is 9.72 Å². The van der Waals surface area contributed by atoms with Gasteiger partial charge in [-0.15, -0.1) is 16.4 Å². The Morgan fingerprint density at radius 3 is 2.84 bits per heavy atom. The number of nitrogens with one attached hydrogen (secondary N) is 1. The molecule has 0 spiro atoms. The second-order valence-electron chi connectivity index (χ2n) is 10.5. The summed E-state index contributed by atoms with van der Waals surface area (Å²) in [6.07, 6.45) is 7.96. The summed E-state index contributed by atoms with van der Waals surface area (Å²) >= 11 is 1.73. The molecule has 8 nitrogen and oxygen atoms in total. The van der Waals surface area contributed by atoms with Crippen LogP contribution in [0.3, 0.4) is 0 Å². The number of fused-ring (bicyclic) bond motifs is 1. The number of nitrogens with zero attached hydrogens (tertiary/aromatic N) is 5. The van der Waals surface area contributed by atoms with E-state index < -0.39 is 6.04 Å². The van der Waals surface area contributed by atoms with Crippen LogP contribution in [0, 0.1) is 6.92 Å². The highest BCUT2D eigenvalue weighted by molar-refractivity contribution is 7.09. The van der Waals surface area contributed by atoms with Crippen LogP contribution in [0.4, 0.5) is 0 Å². The summed E-state index contributed by atoms with van der Waals surface area (Å²) < 4.78 is 8.10. The van der Waals surface area contributed by atoms with Crippen LogP contribution in [0.2, 0.25) is 0 Å². The molecule has 0 amide bonds. The van der Waals surface area contributed by atoms with E-state index in [1.165, 1.54) is 24.1 Å². The summed E-state index contributed by atoms with van der Waals surface area (Å²) in [7, 11) is 0. The third-order valence-electron chi connectivity index (χ3n) is 7.77. The fraction of sp³-hybridized carbons (Fsp3) is 0.500. The predicted molar refractivity (Wildman–Crippen MR) is 145 cm³/mol. The lowest BCUT2D eigenvalue weighted by atomic mass is 9.95. The number of rotatable bonds is 8. The number of tetrazole rings is 1. The van der Waals surface area contributed by atoms with E-state index in [1.54, 1.807) is 11.3 Å². The number of thiophene rings is 1. The number of benzene rings is 1. The molecule has 1 saturated heterocycles. The van der Waals surface area contributed by atoms with Crippen LogP contribution < -0.4 is 5.56 Å². The van der Waals surface area contributed by atoms with Crippen molar-refractivity contribution in [3.63, 3.8) is 0 Å². The van der Waals surface area contributed by atoms with Crippen LogP contribution in [-0.2, 0) is 11.3 Å². The number of pyridine rings is 1. The number of hydrogen-bond donors (Lipinski definition) is 1. The highest BCUT2D eigenvalue weighted by Crippen LogP contribution is 2.35. The molecule has 2 unspecified atom stereocenters. The Morgan fingerprint density at radius 2 is 2.05 bits per heavy atom. The Labute approximate surface area is 220 Å². The molecule has 1 aromatic carbocycles. The van der Waals surface area contributed by atoms with Crippen LogP contribution >= 0.6 is 11.3 Å². The van der Waals surface area contributed by atoms with E-state index in [0.29, 0.717) is 18.7 Å². The van der Waals surface area contributed by atoms with Crippen molar-refractivity contribution in [2.75, 3.05) is 13.2 Å². The Kier molecular flexibility index (Phi) is 7.17. The van der Waals surface area contributed by atoms with Crippen LogP contribution in [0.1, 0.15) is 78.9 Å². The van der Waals surface area contributed by atoms with Gasteiger partial charge in [0.15, 0.2) is 5.82 Å². The summed E-state index contributed by atoms with van der Waals surface area (Å²) in [5, 5.41) is 16.4. The zero-order valence-electron chi connectivity index (χ0n) is 21.3.